The molecule has 3 aromatic carbocycles. The summed E-state index contributed by atoms with van der Waals surface area (Å²) in [4.78, 5) is 28.1. The molecule has 0 aromatic heterocycles. The number of carbonyl (C=O) groups excluding carboxylic acids is 2. The van der Waals surface area contributed by atoms with Gasteiger partial charge in [-0.1, -0.05) is 97.3 Å². The number of rotatable bonds is 9. The van der Waals surface area contributed by atoms with E-state index in [4.69, 9.17) is 5.73 Å². The molecule has 1 aliphatic rings. The molecule has 0 radical (unpaired) electrons. The van der Waals surface area contributed by atoms with Gasteiger partial charge in [0.05, 0.1) is 0 Å². The molecule has 0 aliphatic heterocycles. The zero-order valence-corrected chi connectivity index (χ0v) is 23.1. The molecule has 1 aliphatic carbocycles. The molecule has 0 saturated heterocycles. The van der Waals surface area contributed by atoms with Gasteiger partial charge in [0.15, 0.2) is 0 Å². The van der Waals surface area contributed by atoms with E-state index in [0.29, 0.717) is 0 Å². The fourth-order valence-corrected chi connectivity index (χ4v) is 5.58. The van der Waals surface area contributed by atoms with Crippen molar-refractivity contribution in [2.75, 3.05) is 7.05 Å². The SMILES string of the molecule is Cc1ccc([C@H](NC(=O)[C@H]2CCCC[C@@H]2c2ccc(CN(C)C(C)(C)c3ccccc3)cc2)C(N)=O)cc1. The first kappa shape index (κ1) is 27.6. The minimum Gasteiger partial charge on any atom is -0.368 e. The molecule has 0 heterocycles. The van der Waals surface area contributed by atoms with Crippen molar-refractivity contribution in [1.29, 1.82) is 0 Å². The number of carbonyl (C=O) groups is 2. The summed E-state index contributed by atoms with van der Waals surface area (Å²) in [6.45, 7) is 7.31. The lowest BCUT2D eigenvalue weighted by Gasteiger charge is -2.36. The molecule has 0 spiro atoms. The number of aryl methyl sites for hydroxylation is 1. The second-order valence-electron chi connectivity index (χ2n) is 11.3. The highest BCUT2D eigenvalue weighted by atomic mass is 16.2. The van der Waals surface area contributed by atoms with Crippen molar-refractivity contribution in [3.05, 3.63) is 107 Å². The predicted molar refractivity (Wildman–Crippen MR) is 153 cm³/mol. The van der Waals surface area contributed by atoms with E-state index in [9.17, 15) is 9.59 Å². The summed E-state index contributed by atoms with van der Waals surface area (Å²) >= 11 is 0. The van der Waals surface area contributed by atoms with E-state index < -0.39 is 11.9 Å². The van der Waals surface area contributed by atoms with Gasteiger partial charge in [-0.05, 0) is 68.8 Å². The lowest BCUT2D eigenvalue weighted by atomic mass is 9.74. The fourth-order valence-electron chi connectivity index (χ4n) is 5.58. The standard InChI is InChI=1S/C33H41N3O2/c1-23-14-18-26(19-15-23)30(31(34)37)35-32(38)29-13-9-8-12-28(29)25-20-16-24(17-21-25)22-36(4)33(2,3)27-10-6-5-7-11-27/h5-7,10-11,14-21,28-30H,8-9,12-13,22H2,1-4H3,(H2,34,37)(H,35,38)/t28-,29+,30+/m1/s1. The molecule has 3 atom stereocenters. The van der Waals surface area contributed by atoms with Crippen LogP contribution in [0.3, 0.4) is 0 Å². The van der Waals surface area contributed by atoms with Crippen LogP contribution in [-0.4, -0.2) is 23.8 Å². The van der Waals surface area contributed by atoms with Crippen LogP contribution < -0.4 is 11.1 Å². The van der Waals surface area contributed by atoms with Gasteiger partial charge in [0.1, 0.15) is 6.04 Å². The molecule has 4 rings (SSSR count). The van der Waals surface area contributed by atoms with Crippen LogP contribution in [0.15, 0.2) is 78.9 Å². The Balaban J connectivity index is 1.46. The highest BCUT2D eigenvalue weighted by Gasteiger charge is 2.34. The maximum atomic E-state index is 13.5. The summed E-state index contributed by atoms with van der Waals surface area (Å²) in [5.41, 5.74) is 11.1. The number of amides is 2. The van der Waals surface area contributed by atoms with Gasteiger partial charge in [0.2, 0.25) is 11.8 Å². The average molecular weight is 512 g/mol. The third-order valence-corrected chi connectivity index (χ3v) is 8.35. The van der Waals surface area contributed by atoms with E-state index in [1.165, 1.54) is 16.7 Å². The van der Waals surface area contributed by atoms with Crippen LogP contribution in [0.4, 0.5) is 0 Å². The first-order valence-corrected chi connectivity index (χ1v) is 13.7. The molecule has 3 N–H and O–H groups in total. The minimum absolute atomic E-state index is 0.0903. The summed E-state index contributed by atoms with van der Waals surface area (Å²) in [7, 11) is 2.16. The monoisotopic (exact) mass is 511 g/mol. The van der Waals surface area contributed by atoms with Crippen molar-refractivity contribution < 1.29 is 9.59 Å². The normalized spacial score (nSPS) is 18.7. The molecular weight excluding hydrogens is 470 g/mol. The fraction of sp³-hybridized carbons (Fsp3) is 0.394. The Labute approximate surface area is 227 Å². The minimum atomic E-state index is -0.823. The van der Waals surface area contributed by atoms with Gasteiger partial charge in [-0.25, -0.2) is 0 Å². The van der Waals surface area contributed by atoms with E-state index in [1.807, 2.05) is 37.3 Å². The number of nitrogens with two attached hydrogens (primary N) is 1. The van der Waals surface area contributed by atoms with Crippen molar-refractivity contribution in [1.82, 2.24) is 10.2 Å². The first-order valence-electron chi connectivity index (χ1n) is 13.7. The third kappa shape index (κ3) is 6.33. The second-order valence-corrected chi connectivity index (χ2v) is 11.3. The summed E-state index contributed by atoms with van der Waals surface area (Å²) < 4.78 is 0. The summed E-state index contributed by atoms with van der Waals surface area (Å²) in [6.07, 6.45) is 3.88. The predicted octanol–water partition coefficient (Wildman–Crippen LogP) is 5.98. The maximum absolute atomic E-state index is 13.5. The van der Waals surface area contributed by atoms with Crippen molar-refractivity contribution in [2.45, 2.75) is 70.5 Å². The number of hydrogen-bond donors (Lipinski definition) is 2. The molecule has 38 heavy (non-hydrogen) atoms. The molecule has 3 aromatic rings. The molecule has 1 saturated carbocycles. The zero-order chi connectivity index (χ0) is 27.3. The van der Waals surface area contributed by atoms with Gasteiger partial charge in [-0.15, -0.1) is 0 Å². The molecule has 1 fully saturated rings. The highest BCUT2D eigenvalue weighted by Crippen LogP contribution is 2.38. The second kappa shape index (κ2) is 12.0. The van der Waals surface area contributed by atoms with Crippen molar-refractivity contribution in [3.8, 4) is 0 Å². The van der Waals surface area contributed by atoms with Gasteiger partial charge < -0.3 is 11.1 Å². The Hall–Kier alpha value is -3.44. The molecule has 0 bridgehead atoms. The highest BCUT2D eigenvalue weighted by molar-refractivity contribution is 5.89. The van der Waals surface area contributed by atoms with Crippen molar-refractivity contribution in [2.24, 2.45) is 11.7 Å². The lowest BCUT2D eigenvalue weighted by molar-refractivity contribution is -0.131. The van der Waals surface area contributed by atoms with E-state index in [-0.39, 0.29) is 23.3 Å². The number of primary amides is 1. The summed E-state index contributed by atoms with van der Waals surface area (Å²) in [6, 6.07) is 26.1. The lowest BCUT2D eigenvalue weighted by Crippen LogP contribution is -2.42. The molecule has 5 heteroatoms. The number of nitrogens with one attached hydrogen (secondary N) is 1. The Morgan fingerprint density at radius 1 is 0.947 bits per heavy atom. The summed E-state index contributed by atoms with van der Waals surface area (Å²) in [5.74, 6) is -0.682. The Morgan fingerprint density at radius 2 is 1.58 bits per heavy atom. The molecule has 200 valence electrons. The maximum Gasteiger partial charge on any atom is 0.244 e. The van der Waals surface area contributed by atoms with Crippen LogP contribution in [0.25, 0.3) is 0 Å². The molecule has 5 nitrogen and oxygen atoms in total. The van der Waals surface area contributed by atoms with Gasteiger partial charge in [0, 0.05) is 18.0 Å². The van der Waals surface area contributed by atoms with Crippen LogP contribution in [0, 0.1) is 12.8 Å². The number of hydrogen-bond acceptors (Lipinski definition) is 3. The van der Waals surface area contributed by atoms with E-state index in [2.05, 4.69) is 79.6 Å². The summed E-state index contributed by atoms with van der Waals surface area (Å²) in [5, 5.41) is 2.97. The van der Waals surface area contributed by atoms with Crippen LogP contribution in [0.2, 0.25) is 0 Å². The van der Waals surface area contributed by atoms with Gasteiger partial charge in [0.25, 0.3) is 0 Å². The smallest absolute Gasteiger partial charge is 0.244 e. The topological polar surface area (TPSA) is 75.4 Å². The van der Waals surface area contributed by atoms with E-state index in [1.54, 1.807) is 0 Å². The molecule has 0 unspecified atom stereocenters. The largest absolute Gasteiger partial charge is 0.368 e. The Bertz CT molecular complexity index is 1220. The van der Waals surface area contributed by atoms with Crippen LogP contribution in [0.1, 0.15) is 79.3 Å². The Kier molecular flexibility index (Phi) is 8.68. The number of benzene rings is 3. The van der Waals surface area contributed by atoms with Gasteiger partial charge in [-0.2, -0.15) is 0 Å². The van der Waals surface area contributed by atoms with Crippen LogP contribution in [0.5, 0.6) is 0 Å². The van der Waals surface area contributed by atoms with Gasteiger partial charge in [-0.3, -0.25) is 14.5 Å². The average Bonchev–Trinajstić information content (AvgIpc) is 2.93. The van der Waals surface area contributed by atoms with Crippen LogP contribution >= 0.6 is 0 Å². The quantitative estimate of drug-likeness (QED) is 0.371. The zero-order valence-electron chi connectivity index (χ0n) is 23.1. The van der Waals surface area contributed by atoms with Crippen molar-refractivity contribution >= 4 is 11.8 Å². The van der Waals surface area contributed by atoms with Crippen molar-refractivity contribution in [3.63, 3.8) is 0 Å². The van der Waals surface area contributed by atoms with Crippen LogP contribution in [-0.2, 0) is 21.7 Å². The Morgan fingerprint density at radius 3 is 2.21 bits per heavy atom. The third-order valence-electron chi connectivity index (χ3n) is 8.35. The number of nitrogens with zero attached hydrogens (tertiary/aromatic N) is 1. The van der Waals surface area contributed by atoms with E-state index in [0.717, 1.165) is 43.4 Å². The molecule has 2 amide bonds. The first-order chi connectivity index (χ1) is 18.2. The van der Waals surface area contributed by atoms with Gasteiger partial charge >= 0.3 is 0 Å². The van der Waals surface area contributed by atoms with E-state index >= 15 is 0 Å². The molecular formula is C33H41N3O2.